The molecule has 38 heavy (non-hydrogen) atoms. The summed E-state index contributed by atoms with van der Waals surface area (Å²) in [6.45, 7) is 4.23. The number of aromatic nitrogens is 2. The first kappa shape index (κ1) is 27.7. The number of carbonyl (C=O) groups is 2. The number of hydrogen-bond acceptors (Lipinski definition) is 8. The van der Waals surface area contributed by atoms with Gasteiger partial charge in [0.1, 0.15) is 5.82 Å². The van der Waals surface area contributed by atoms with Crippen molar-refractivity contribution >= 4 is 11.9 Å². The number of benzene rings is 1. The molecule has 1 unspecified atom stereocenters. The van der Waals surface area contributed by atoms with Gasteiger partial charge in [0.2, 0.25) is 18.4 Å². The van der Waals surface area contributed by atoms with Gasteiger partial charge >= 0.3 is 5.97 Å². The van der Waals surface area contributed by atoms with Crippen LogP contribution in [0, 0.1) is 5.92 Å². The molecule has 0 radical (unpaired) electrons. The molecule has 2 aliphatic rings. The van der Waals surface area contributed by atoms with Crippen LogP contribution in [0.4, 0.5) is 0 Å². The molecule has 0 spiro atoms. The number of ether oxygens (including phenoxy) is 3. The number of rotatable bonds is 13. The molecule has 1 fully saturated rings. The third-order valence-electron chi connectivity index (χ3n) is 7.60. The van der Waals surface area contributed by atoms with Crippen LogP contribution < -0.4 is 19.9 Å². The predicted octanol–water partition coefficient (Wildman–Crippen LogP) is 1.85. The van der Waals surface area contributed by atoms with Crippen LogP contribution in [0.15, 0.2) is 24.5 Å². The minimum atomic E-state index is -0.892. The number of methoxy groups -OCH3 is 1. The van der Waals surface area contributed by atoms with Crippen molar-refractivity contribution in [2.45, 2.75) is 44.6 Å². The second-order valence-electron chi connectivity index (χ2n) is 9.94. The lowest BCUT2D eigenvalue weighted by Crippen LogP contribution is -2.45. The van der Waals surface area contributed by atoms with Crippen molar-refractivity contribution in [1.82, 2.24) is 19.4 Å². The summed E-state index contributed by atoms with van der Waals surface area (Å²) in [5, 5.41) is 10.5. The molecule has 11 heteroatoms. The third-order valence-corrected chi connectivity index (χ3v) is 7.60. The predicted molar refractivity (Wildman–Crippen MR) is 140 cm³/mol. The zero-order valence-electron chi connectivity index (χ0n) is 22.5. The van der Waals surface area contributed by atoms with Gasteiger partial charge in [-0.15, -0.1) is 0 Å². The molecular weight excluding hydrogens is 490 g/mol. The topological polar surface area (TPSA) is 132 Å². The van der Waals surface area contributed by atoms with Crippen LogP contribution in [0.2, 0.25) is 0 Å². The van der Waals surface area contributed by atoms with E-state index in [2.05, 4.69) is 11.9 Å². The van der Waals surface area contributed by atoms with Gasteiger partial charge in [0, 0.05) is 64.0 Å². The highest BCUT2D eigenvalue weighted by Gasteiger charge is 2.47. The summed E-state index contributed by atoms with van der Waals surface area (Å²) in [6, 6.07) is 3.31. The maximum atomic E-state index is 13.4. The van der Waals surface area contributed by atoms with Crippen LogP contribution >= 0.6 is 0 Å². The maximum Gasteiger partial charge on any atom is 0.308 e. The van der Waals surface area contributed by atoms with E-state index >= 15 is 0 Å². The fraction of sp³-hybridized carbons (Fsp3) is 0.593. The molecule has 1 aromatic carbocycles. The van der Waals surface area contributed by atoms with Crippen LogP contribution in [0.3, 0.4) is 0 Å². The standard InChI is InChI=1S/C27H39N5O6/c1-4-5-10-31(11-8-28)24(33)16-32-15-19(18-13-21(36-3)26-22(14-18)37-17-38-26)25(27(34)35)20(32)6-7-23-29-9-12-30(23)2/h9,12-14,19-20,25H,4-8,10-11,15-17,28H2,1-3H3,(H,34,35)/t19-,20+,25?/m1/s1. The van der Waals surface area contributed by atoms with E-state index in [1.807, 2.05) is 34.8 Å². The van der Waals surface area contributed by atoms with Crippen LogP contribution in [0.1, 0.15) is 43.5 Å². The normalized spacial score (nSPS) is 20.6. The average molecular weight is 530 g/mol. The molecule has 1 aromatic heterocycles. The summed E-state index contributed by atoms with van der Waals surface area (Å²) in [6.07, 6.45) is 6.63. The van der Waals surface area contributed by atoms with Crippen molar-refractivity contribution in [3.8, 4) is 17.2 Å². The van der Waals surface area contributed by atoms with E-state index in [1.54, 1.807) is 18.2 Å². The first-order chi connectivity index (χ1) is 18.4. The van der Waals surface area contributed by atoms with E-state index < -0.39 is 11.9 Å². The minimum Gasteiger partial charge on any atom is -0.493 e. The van der Waals surface area contributed by atoms with Crippen LogP contribution in [-0.2, 0) is 23.1 Å². The van der Waals surface area contributed by atoms with E-state index in [4.69, 9.17) is 19.9 Å². The molecule has 0 saturated carbocycles. The fourth-order valence-electron chi connectivity index (χ4n) is 5.61. The Morgan fingerprint density at radius 3 is 2.76 bits per heavy atom. The Kier molecular flexibility index (Phi) is 9.11. The van der Waals surface area contributed by atoms with Gasteiger partial charge in [-0.25, -0.2) is 4.98 Å². The van der Waals surface area contributed by atoms with Gasteiger partial charge in [-0.1, -0.05) is 13.3 Å². The van der Waals surface area contributed by atoms with E-state index in [1.165, 1.54) is 0 Å². The molecule has 1 saturated heterocycles. The molecule has 3 atom stereocenters. The van der Waals surface area contributed by atoms with Gasteiger partial charge in [0.25, 0.3) is 0 Å². The zero-order valence-corrected chi connectivity index (χ0v) is 22.5. The number of carbonyl (C=O) groups excluding carboxylic acids is 1. The number of carboxylic acids is 1. The summed E-state index contributed by atoms with van der Waals surface area (Å²) in [5.74, 6) is 0.424. The van der Waals surface area contributed by atoms with E-state index in [-0.39, 0.29) is 31.2 Å². The third kappa shape index (κ3) is 5.88. The van der Waals surface area contributed by atoms with Gasteiger partial charge in [0.15, 0.2) is 11.5 Å². The van der Waals surface area contributed by atoms with Crippen LogP contribution in [0.5, 0.6) is 17.2 Å². The number of fused-ring (bicyclic) bond motifs is 1. The molecule has 0 bridgehead atoms. The Morgan fingerprint density at radius 1 is 1.29 bits per heavy atom. The van der Waals surface area contributed by atoms with Gasteiger partial charge in [0.05, 0.1) is 19.6 Å². The Bertz CT molecular complexity index is 1120. The molecule has 3 heterocycles. The molecule has 4 rings (SSSR count). The van der Waals surface area contributed by atoms with E-state index in [9.17, 15) is 14.7 Å². The summed E-state index contributed by atoms with van der Waals surface area (Å²) in [4.78, 5) is 34.4. The van der Waals surface area contributed by atoms with Crippen LogP contribution in [-0.4, -0.2) is 89.0 Å². The average Bonchev–Trinajstić information content (AvgIpc) is 3.63. The lowest BCUT2D eigenvalue weighted by molar-refractivity contribution is -0.143. The van der Waals surface area contributed by atoms with Crippen LogP contribution in [0.25, 0.3) is 0 Å². The number of hydrogen-bond donors (Lipinski definition) is 2. The second kappa shape index (κ2) is 12.5. The first-order valence-electron chi connectivity index (χ1n) is 13.3. The largest absolute Gasteiger partial charge is 0.493 e. The van der Waals surface area contributed by atoms with Gasteiger partial charge in [-0.2, -0.15) is 0 Å². The molecule has 0 aliphatic carbocycles. The number of imidazole rings is 1. The summed E-state index contributed by atoms with van der Waals surface area (Å²) in [5.41, 5.74) is 6.59. The zero-order chi connectivity index (χ0) is 27.2. The minimum absolute atomic E-state index is 0.0288. The Labute approximate surface area is 223 Å². The summed E-state index contributed by atoms with van der Waals surface area (Å²) >= 11 is 0. The second-order valence-corrected chi connectivity index (χ2v) is 9.94. The lowest BCUT2D eigenvalue weighted by Gasteiger charge is -2.29. The van der Waals surface area contributed by atoms with Crippen molar-refractivity contribution in [3.63, 3.8) is 0 Å². The number of aryl methyl sites for hydroxylation is 2. The molecule has 208 valence electrons. The molecule has 2 aromatic rings. The Hall–Kier alpha value is -3.31. The number of unbranched alkanes of at least 4 members (excludes halogenated alkanes) is 1. The van der Waals surface area contributed by atoms with Crippen molar-refractivity contribution in [2.24, 2.45) is 18.7 Å². The highest BCUT2D eigenvalue weighted by molar-refractivity contribution is 5.79. The number of nitrogens with two attached hydrogens (primary N) is 1. The summed E-state index contributed by atoms with van der Waals surface area (Å²) < 4.78 is 18.6. The summed E-state index contributed by atoms with van der Waals surface area (Å²) in [7, 11) is 3.47. The quantitative estimate of drug-likeness (QED) is 0.399. The van der Waals surface area contributed by atoms with Gasteiger partial charge in [-0.3, -0.25) is 14.5 Å². The number of carboxylic acid groups (broad SMARTS) is 1. The smallest absolute Gasteiger partial charge is 0.308 e. The Balaban J connectivity index is 1.65. The van der Waals surface area contributed by atoms with Crippen molar-refractivity contribution in [3.05, 3.63) is 35.9 Å². The van der Waals surface area contributed by atoms with Gasteiger partial charge in [-0.05, 0) is 30.5 Å². The first-order valence-corrected chi connectivity index (χ1v) is 13.3. The van der Waals surface area contributed by atoms with Crippen molar-refractivity contribution < 1.29 is 28.9 Å². The van der Waals surface area contributed by atoms with Crippen molar-refractivity contribution in [1.29, 1.82) is 0 Å². The SMILES string of the molecule is CCCCN(CCN)C(=O)CN1C[C@H](c2cc(OC)c3c(c2)OCO3)C(C(=O)O)[C@@H]1CCc1nccn1C. The van der Waals surface area contributed by atoms with E-state index in [0.717, 1.165) is 24.2 Å². The molecule has 3 N–H and O–H groups in total. The molecule has 1 amide bonds. The lowest BCUT2D eigenvalue weighted by atomic mass is 9.83. The number of aliphatic carboxylic acids is 1. The monoisotopic (exact) mass is 529 g/mol. The highest BCUT2D eigenvalue weighted by atomic mass is 16.7. The number of nitrogens with zero attached hydrogens (tertiary/aromatic N) is 4. The van der Waals surface area contributed by atoms with Crippen molar-refractivity contribution in [2.75, 3.05) is 46.6 Å². The fourth-order valence-corrected chi connectivity index (χ4v) is 5.61. The Morgan fingerprint density at radius 2 is 2.11 bits per heavy atom. The van der Waals surface area contributed by atoms with Gasteiger partial charge < -0.3 is 34.5 Å². The molecule has 2 aliphatic heterocycles. The number of amides is 1. The highest BCUT2D eigenvalue weighted by Crippen LogP contribution is 2.47. The molecule has 11 nitrogen and oxygen atoms in total. The van der Waals surface area contributed by atoms with E-state index in [0.29, 0.717) is 56.3 Å². The molecular formula is C27H39N5O6. The number of likely N-dealkylation sites (tertiary alicyclic amines) is 1. The maximum absolute atomic E-state index is 13.4.